The number of rotatable bonds is 5. The number of carboxylic acids is 1. The van der Waals surface area contributed by atoms with Crippen molar-refractivity contribution in [2.75, 3.05) is 13.2 Å². The maximum Gasteiger partial charge on any atom is 0.309 e. The van der Waals surface area contributed by atoms with Crippen molar-refractivity contribution in [1.29, 1.82) is 0 Å². The lowest BCUT2D eigenvalue weighted by Gasteiger charge is -2.28. The number of nitrogens with two attached hydrogens (primary N) is 1. The van der Waals surface area contributed by atoms with Crippen LogP contribution in [0.5, 0.6) is 5.75 Å². The Morgan fingerprint density at radius 2 is 2.24 bits per heavy atom. The largest absolute Gasteiger partial charge is 0.488 e. The maximum atomic E-state index is 13.8. The van der Waals surface area contributed by atoms with Gasteiger partial charge in [-0.15, -0.1) is 0 Å². The van der Waals surface area contributed by atoms with Crippen LogP contribution >= 0.6 is 12.2 Å². The second-order valence-electron chi connectivity index (χ2n) is 5.88. The van der Waals surface area contributed by atoms with E-state index in [1.54, 1.807) is 4.57 Å². The fourth-order valence-electron chi connectivity index (χ4n) is 3.21. The number of H-pyrrole nitrogens is 1. The number of nitrogens with zero attached hydrogens (tertiary/aromatic N) is 1. The predicted octanol–water partition coefficient (Wildman–Crippen LogP) is 2.13. The SMILES string of the molecule is NCCc1c(CC(=O)O)[nH]c(=S)n1[C@H]1COc2c(F)cc(F)cc2C1. The number of nitrogens with one attached hydrogen (secondary N) is 1. The Morgan fingerprint density at radius 1 is 1.48 bits per heavy atom. The van der Waals surface area contributed by atoms with Crippen molar-refractivity contribution in [3.8, 4) is 5.75 Å². The Morgan fingerprint density at radius 3 is 2.92 bits per heavy atom. The molecule has 1 aromatic carbocycles. The minimum atomic E-state index is -0.990. The molecule has 134 valence electrons. The van der Waals surface area contributed by atoms with Crippen LogP contribution < -0.4 is 10.5 Å². The van der Waals surface area contributed by atoms with Crippen LogP contribution in [0, 0.1) is 16.4 Å². The second-order valence-corrected chi connectivity index (χ2v) is 6.27. The molecule has 0 radical (unpaired) electrons. The molecule has 0 fully saturated rings. The lowest BCUT2D eigenvalue weighted by Crippen LogP contribution is -2.27. The predicted molar refractivity (Wildman–Crippen MR) is 88.3 cm³/mol. The molecular weight excluding hydrogens is 352 g/mol. The second kappa shape index (κ2) is 6.93. The van der Waals surface area contributed by atoms with Gasteiger partial charge >= 0.3 is 5.97 Å². The van der Waals surface area contributed by atoms with Crippen molar-refractivity contribution >= 4 is 18.2 Å². The van der Waals surface area contributed by atoms with Crippen LogP contribution in [-0.4, -0.2) is 33.8 Å². The van der Waals surface area contributed by atoms with E-state index >= 15 is 0 Å². The fourth-order valence-corrected chi connectivity index (χ4v) is 3.59. The third kappa shape index (κ3) is 3.42. The van der Waals surface area contributed by atoms with E-state index in [4.69, 9.17) is 27.8 Å². The minimum absolute atomic E-state index is 0.0471. The number of aromatic nitrogens is 2. The van der Waals surface area contributed by atoms with Crippen molar-refractivity contribution in [2.24, 2.45) is 5.73 Å². The summed E-state index contributed by atoms with van der Waals surface area (Å²) in [4.78, 5) is 14.0. The van der Waals surface area contributed by atoms with Gasteiger partial charge in [-0.3, -0.25) is 4.79 Å². The average Bonchev–Trinajstić information content (AvgIpc) is 2.81. The smallest absolute Gasteiger partial charge is 0.309 e. The zero-order chi connectivity index (χ0) is 18.1. The Hall–Kier alpha value is -2.26. The van der Waals surface area contributed by atoms with E-state index in [0.717, 1.165) is 6.07 Å². The van der Waals surface area contributed by atoms with Gasteiger partial charge in [0.1, 0.15) is 12.4 Å². The molecule has 0 saturated heterocycles. The molecule has 1 atom stereocenters. The number of benzene rings is 1. The monoisotopic (exact) mass is 369 g/mol. The van der Waals surface area contributed by atoms with Crippen LogP contribution in [0.3, 0.4) is 0 Å². The maximum absolute atomic E-state index is 13.8. The van der Waals surface area contributed by atoms with Crippen molar-refractivity contribution in [1.82, 2.24) is 9.55 Å². The van der Waals surface area contributed by atoms with E-state index in [1.165, 1.54) is 6.07 Å². The summed E-state index contributed by atoms with van der Waals surface area (Å²) in [6.45, 7) is 0.457. The van der Waals surface area contributed by atoms with Gasteiger partial charge in [-0.2, -0.15) is 0 Å². The number of hydrogen-bond donors (Lipinski definition) is 3. The summed E-state index contributed by atoms with van der Waals surface area (Å²) < 4.78 is 34.9. The molecule has 25 heavy (non-hydrogen) atoms. The number of carboxylic acid groups (broad SMARTS) is 1. The zero-order valence-electron chi connectivity index (χ0n) is 13.2. The summed E-state index contributed by atoms with van der Waals surface area (Å²) in [5.41, 5.74) is 7.23. The highest BCUT2D eigenvalue weighted by molar-refractivity contribution is 7.71. The van der Waals surface area contributed by atoms with Gasteiger partial charge in [0, 0.05) is 35.9 Å². The van der Waals surface area contributed by atoms with E-state index < -0.39 is 17.6 Å². The van der Waals surface area contributed by atoms with E-state index in [9.17, 15) is 13.6 Å². The summed E-state index contributed by atoms with van der Waals surface area (Å²) in [7, 11) is 0. The van der Waals surface area contributed by atoms with Crippen LogP contribution in [-0.2, 0) is 24.1 Å². The van der Waals surface area contributed by atoms with Crippen molar-refractivity contribution in [3.63, 3.8) is 0 Å². The van der Waals surface area contributed by atoms with Crippen molar-refractivity contribution in [3.05, 3.63) is 45.5 Å². The first-order valence-electron chi connectivity index (χ1n) is 7.75. The lowest BCUT2D eigenvalue weighted by molar-refractivity contribution is -0.136. The molecule has 2 aromatic rings. The van der Waals surface area contributed by atoms with Gasteiger partial charge in [0.25, 0.3) is 0 Å². The third-order valence-electron chi connectivity index (χ3n) is 4.15. The Kier molecular flexibility index (Phi) is 4.87. The quantitative estimate of drug-likeness (QED) is 0.702. The first-order chi connectivity index (χ1) is 11.9. The van der Waals surface area contributed by atoms with Gasteiger partial charge in [-0.05, 0) is 24.8 Å². The molecule has 0 saturated carbocycles. The highest BCUT2D eigenvalue weighted by Crippen LogP contribution is 2.34. The van der Waals surface area contributed by atoms with Gasteiger partial charge in [-0.25, -0.2) is 8.78 Å². The Bertz CT molecular complexity index is 878. The standard InChI is InChI=1S/C16H17F2N3O3S/c17-9-3-8-4-10(7-24-15(8)11(18)5-9)21-13(1-2-19)12(6-14(22)23)20-16(21)25/h3,5,10H,1-2,4,6-7,19H2,(H,20,25)(H,22,23)/t10-/m1/s1. The van der Waals surface area contributed by atoms with Crippen molar-refractivity contribution in [2.45, 2.75) is 25.3 Å². The molecule has 0 amide bonds. The molecule has 1 aliphatic heterocycles. The average molecular weight is 369 g/mol. The van der Waals surface area contributed by atoms with Crippen LogP contribution in [0.2, 0.25) is 0 Å². The molecule has 0 bridgehead atoms. The van der Waals surface area contributed by atoms with Gasteiger partial charge < -0.3 is 25.1 Å². The van der Waals surface area contributed by atoms with Crippen LogP contribution in [0.1, 0.15) is 23.0 Å². The van der Waals surface area contributed by atoms with Crippen LogP contribution in [0.25, 0.3) is 0 Å². The molecule has 0 unspecified atom stereocenters. The number of aliphatic carboxylic acids is 1. The molecule has 0 aliphatic carbocycles. The molecular formula is C16H17F2N3O3S. The van der Waals surface area contributed by atoms with E-state index in [0.29, 0.717) is 41.1 Å². The minimum Gasteiger partial charge on any atom is -0.488 e. The van der Waals surface area contributed by atoms with E-state index in [-0.39, 0.29) is 24.8 Å². The number of aromatic amines is 1. The lowest BCUT2D eigenvalue weighted by atomic mass is 10.0. The summed E-state index contributed by atoms with van der Waals surface area (Å²) in [6.07, 6.45) is 0.538. The van der Waals surface area contributed by atoms with Gasteiger partial charge in [0.15, 0.2) is 16.3 Å². The third-order valence-corrected chi connectivity index (χ3v) is 4.45. The normalized spacial score (nSPS) is 16.4. The number of hydrogen-bond acceptors (Lipinski definition) is 4. The van der Waals surface area contributed by atoms with Gasteiger partial charge in [0.05, 0.1) is 12.5 Å². The summed E-state index contributed by atoms with van der Waals surface area (Å²) in [5, 5.41) is 9.06. The Balaban J connectivity index is 2.00. The molecule has 1 aliphatic rings. The molecule has 0 spiro atoms. The number of carbonyl (C=O) groups is 1. The summed E-state index contributed by atoms with van der Waals surface area (Å²) in [5.74, 6) is -2.35. The number of imidazole rings is 1. The van der Waals surface area contributed by atoms with Gasteiger partial charge in [-0.1, -0.05) is 0 Å². The number of ether oxygens (including phenoxy) is 1. The summed E-state index contributed by atoms with van der Waals surface area (Å²) >= 11 is 5.33. The van der Waals surface area contributed by atoms with Gasteiger partial charge in [0.2, 0.25) is 0 Å². The topological polar surface area (TPSA) is 93.3 Å². The zero-order valence-corrected chi connectivity index (χ0v) is 14.0. The van der Waals surface area contributed by atoms with Crippen LogP contribution in [0.15, 0.2) is 12.1 Å². The molecule has 6 nitrogen and oxygen atoms in total. The molecule has 9 heteroatoms. The Labute approximate surface area is 147 Å². The summed E-state index contributed by atoms with van der Waals surface area (Å²) in [6, 6.07) is 1.72. The molecule has 1 aromatic heterocycles. The van der Waals surface area contributed by atoms with E-state index in [2.05, 4.69) is 4.98 Å². The van der Waals surface area contributed by atoms with Crippen molar-refractivity contribution < 1.29 is 23.4 Å². The molecule has 4 N–H and O–H groups in total. The molecule has 3 rings (SSSR count). The highest BCUT2D eigenvalue weighted by Gasteiger charge is 2.28. The van der Waals surface area contributed by atoms with Crippen LogP contribution in [0.4, 0.5) is 8.78 Å². The number of halogens is 2. The highest BCUT2D eigenvalue weighted by atomic mass is 32.1. The fraction of sp³-hybridized carbons (Fsp3) is 0.375. The number of fused-ring (bicyclic) bond motifs is 1. The van der Waals surface area contributed by atoms with E-state index in [1.807, 2.05) is 0 Å². The molecule has 2 heterocycles. The first kappa shape index (κ1) is 17.6. The first-order valence-corrected chi connectivity index (χ1v) is 8.16.